The largest absolute Gasteiger partial charge is 0.317 e. The zero-order valence-corrected chi connectivity index (χ0v) is 10.3. The molecule has 1 N–H and O–H groups in total. The minimum atomic E-state index is 0.483. The Bertz CT molecular complexity index is 439. The Morgan fingerprint density at radius 2 is 2.25 bits per heavy atom. The molecule has 0 aliphatic rings. The monoisotopic (exact) mass is 233 g/mol. The molecule has 3 nitrogen and oxygen atoms in total. The molecule has 16 heavy (non-hydrogen) atoms. The summed E-state index contributed by atoms with van der Waals surface area (Å²) in [5.74, 6) is 0. The van der Waals surface area contributed by atoms with Gasteiger partial charge in [-0.3, -0.25) is 4.98 Å². The molecular weight excluding hydrogens is 218 g/mol. The molecule has 0 aromatic carbocycles. The topological polar surface area (TPSA) is 37.8 Å². The third-order valence-corrected chi connectivity index (χ3v) is 3.48. The minimum Gasteiger partial charge on any atom is -0.317 e. The van der Waals surface area contributed by atoms with Crippen molar-refractivity contribution in [1.82, 2.24) is 15.3 Å². The van der Waals surface area contributed by atoms with Crippen molar-refractivity contribution < 1.29 is 0 Å². The zero-order chi connectivity index (χ0) is 11.4. The van der Waals surface area contributed by atoms with Crippen LogP contribution in [0.15, 0.2) is 30.6 Å². The van der Waals surface area contributed by atoms with Crippen molar-refractivity contribution in [3.05, 3.63) is 35.5 Å². The third-order valence-electron chi connectivity index (χ3n) is 2.44. The maximum Gasteiger partial charge on any atom is 0.142 e. The molecule has 0 amide bonds. The van der Waals surface area contributed by atoms with Crippen LogP contribution in [0, 0.1) is 0 Å². The molecule has 4 heteroatoms. The molecular formula is C12H15N3S. The number of aromatic nitrogens is 2. The van der Waals surface area contributed by atoms with E-state index in [1.807, 2.05) is 31.4 Å². The second-order valence-corrected chi connectivity index (χ2v) is 4.86. The standard InChI is InChI=1S/C12H15N3S/c1-9(13-2)7-10-8-15-12(16-10)11-5-3-4-6-14-11/h3-6,8-9,13H,7H2,1-2H3. The van der Waals surface area contributed by atoms with Crippen molar-refractivity contribution in [1.29, 1.82) is 0 Å². The molecule has 2 aromatic heterocycles. The Morgan fingerprint density at radius 1 is 1.38 bits per heavy atom. The van der Waals surface area contributed by atoms with Gasteiger partial charge in [0.15, 0.2) is 0 Å². The van der Waals surface area contributed by atoms with E-state index in [2.05, 4.69) is 22.2 Å². The highest BCUT2D eigenvalue weighted by atomic mass is 32.1. The fraction of sp³-hybridized carbons (Fsp3) is 0.333. The molecule has 0 aliphatic heterocycles. The summed E-state index contributed by atoms with van der Waals surface area (Å²) in [5.41, 5.74) is 0.955. The summed E-state index contributed by atoms with van der Waals surface area (Å²) in [4.78, 5) is 9.99. The van der Waals surface area contributed by atoms with Crippen LogP contribution in [0.5, 0.6) is 0 Å². The predicted molar refractivity (Wildman–Crippen MR) is 67.6 cm³/mol. The molecule has 0 bridgehead atoms. The first kappa shape index (κ1) is 11.2. The maximum atomic E-state index is 4.40. The molecule has 0 aliphatic carbocycles. The first-order valence-electron chi connectivity index (χ1n) is 5.33. The molecule has 2 heterocycles. The van der Waals surface area contributed by atoms with E-state index in [-0.39, 0.29) is 0 Å². The van der Waals surface area contributed by atoms with Crippen molar-refractivity contribution >= 4 is 11.3 Å². The van der Waals surface area contributed by atoms with Gasteiger partial charge >= 0.3 is 0 Å². The quantitative estimate of drug-likeness (QED) is 0.881. The van der Waals surface area contributed by atoms with Crippen LogP contribution in [0.2, 0.25) is 0 Å². The van der Waals surface area contributed by atoms with Gasteiger partial charge in [0, 0.05) is 23.3 Å². The Morgan fingerprint density at radius 3 is 2.94 bits per heavy atom. The molecule has 0 saturated heterocycles. The fourth-order valence-electron chi connectivity index (χ4n) is 1.41. The Labute approximate surface area is 99.6 Å². The molecule has 0 radical (unpaired) electrons. The lowest BCUT2D eigenvalue weighted by atomic mass is 10.2. The number of hydrogen-bond acceptors (Lipinski definition) is 4. The lowest BCUT2D eigenvalue weighted by molar-refractivity contribution is 0.612. The van der Waals surface area contributed by atoms with Crippen LogP contribution in [0.3, 0.4) is 0 Å². The Balaban J connectivity index is 2.14. The van der Waals surface area contributed by atoms with Gasteiger partial charge in [-0.25, -0.2) is 4.98 Å². The fourth-order valence-corrected chi connectivity index (χ4v) is 2.43. The number of nitrogens with zero attached hydrogens (tertiary/aromatic N) is 2. The second-order valence-electron chi connectivity index (χ2n) is 3.74. The van der Waals surface area contributed by atoms with Crippen LogP contribution in [-0.2, 0) is 6.42 Å². The molecule has 2 rings (SSSR count). The molecule has 1 unspecified atom stereocenters. The second kappa shape index (κ2) is 5.18. The van der Waals surface area contributed by atoms with Crippen molar-refractivity contribution in [2.45, 2.75) is 19.4 Å². The van der Waals surface area contributed by atoms with Crippen LogP contribution in [-0.4, -0.2) is 23.1 Å². The van der Waals surface area contributed by atoms with Crippen LogP contribution in [0.25, 0.3) is 10.7 Å². The number of hydrogen-bond donors (Lipinski definition) is 1. The van der Waals surface area contributed by atoms with E-state index in [9.17, 15) is 0 Å². The van der Waals surface area contributed by atoms with Crippen molar-refractivity contribution in [2.24, 2.45) is 0 Å². The molecule has 84 valence electrons. The first-order valence-corrected chi connectivity index (χ1v) is 6.14. The van der Waals surface area contributed by atoms with E-state index in [1.54, 1.807) is 17.5 Å². The molecule has 2 aromatic rings. The Hall–Kier alpha value is -1.26. The Kier molecular flexibility index (Phi) is 3.64. The summed E-state index contributed by atoms with van der Waals surface area (Å²) in [6.45, 7) is 2.17. The molecule has 1 atom stereocenters. The number of nitrogens with one attached hydrogen (secondary N) is 1. The smallest absolute Gasteiger partial charge is 0.142 e. The van der Waals surface area contributed by atoms with Crippen molar-refractivity contribution in [3.63, 3.8) is 0 Å². The summed E-state index contributed by atoms with van der Waals surface area (Å²) < 4.78 is 0. The average Bonchev–Trinajstić information content (AvgIpc) is 2.78. The molecule has 0 saturated carbocycles. The number of likely N-dealkylation sites (N-methyl/N-ethyl adjacent to an activating group) is 1. The highest BCUT2D eigenvalue weighted by Gasteiger charge is 2.07. The van der Waals surface area contributed by atoms with Gasteiger partial charge in [0.1, 0.15) is 5.01 Å². The van der Waals surface area contributed by atoms with Gasteiger partial charge in [-0.05, 0) is 32.5 Å². The van der Waals surface area contributed by atoms with Gasteiger partial charge in [-0.2, -0.15) is 0 Å². The zero-order valence-electron chi connectivity index (χ0n) is 9.47. The van der Waals surface area contributed by atoms with Gasteiger partial charge in [-0.1, -0.05) is 6.07 Å². The third kappa shape index (κ3) is 2.65. The number of thiazole rings is 1. The summed E-state index contributed by atoms with van der Waals surface area (Å²) >= 11 is 1.72. The molecule has 0 fully saturated rings. The van der Waals surface area contributed by atoms with Crippen LogP contribution >= 0.6 is 11.3 Å². The van der Waals surface area contributed by atoms with E-state index in [0.717, 1.165) is 17.1 Å². The summed E-state index contributed by atoms with van der Waals surface area (Å²) in [6.07, 6.45) is 4.76. The van der Waals surface area contributed by atoms with Gasteiger partial charge in [0.25, 0.3) is 0 Å². The maximum absolute atomic E-state index is 4.40. The average molecular weight is 233 g/mol. The van der Waals surface area contributed by atoms with Crippen LogP contribution < -0.4 is 5.32 Å². The summed E-state index contributed by atoms with van der Waals surface area (Å²) in [5, 5.41) is 4.22. The van der Waals surface area contributed by atoms with E-state index >= 15 is 0 Å². The normalized spacial score (nSPS) is 12.6. The van der Waals surface area contributed by atoms with Gasteiger partial charge in [0.05, 0.1) is 5.69 Å². The summed E-state index contributed by atoms with van der Waals surface area (Å²) in [6, 6.07) is 6.38. The van der Waals surface area contributed by atoms with E-state index in [4.69, 9.17) is 0 Å². The van der Waals surface area contributed by atoms with Crippen molar-refractivity contribution in [2.75, 3.05) is 7.05 Å². The molecule has 0 spiro atoms. The lowest BCUT2D eigenvalue weighted by Gasteiger charge is -2.06. The lowest BCUT2D eigenvalue weighted by Crippen LogP contribution is -2.22. The predicted octanol–water partition coefficient (Wildman–Crippen LogP) is 2.36. The van der Waals surface area contributed by atoms with Crippen LogP contribution in [0.1, 0.15) is 11.8 Å². The van der Waals surface area contributed by atoms with Gasteiger partial charge < -0.3 is 5.32 Å². The minimum absolute atomic E-state index is 0.483. The van der Waals surface area contributed by atoms with Crippen molar-refractivity contribution in [3.8, 4) is 10.7 Å². The van der Waals surface area contributed by atoms with E-state index < -0.39 is 0 Å². The number of rotatable bonds is 4. The first-order chi connectivity index (χ1) is 7.79. The van der Waals surface area contributed by atoms with Gasteiger partial charge in [-0.15, -0.1) is 11.3 Å². The SMILES string of the molecule is CNC(C)Cc1cnc(-c2ccccn2)s1. The highest BCUT2D eigenvalue weighted by molar-refractivity contribution is 7.15. The van der Waals surface area contributed by atoms with E-state index in [0.29, 0.717) is 6.04 Å². The summed E-state index contributed by atoms with van der Waals surface area (Å²) in [7, 11) is 1.98. The highest BCUT2D eigenvalue weighted by Crippen LogP contribution is 2.23. The van der Waals surface area contributed by atoms with Crippen LogP contribution in [0.4, 0.5) is 0 Å². The van der Waals surface area contributed by atoms with E-state index in [1.165, 1.54) is 4.88 Å². The number of pyridine rings is 1. The van der Waals surface area contributed by atoms with Gasteiger partial charge in [0.2, 0.25) is 0 Å².